The summed E-state index contributed by atoms with van der Waals surface area (Å²) in [5.41, 5.74) is -0.0869. The molecule has 0 heterocycles. The number of Topliss-reactive ketones (excluding diaryl/α,β-unsaturated/α-hetero) is 1. The molecule has 1 rings (SSSR count). The molecule has 0 saturated heterocycles. The molecule has 1 atom stereocenters. The van der Waals surface area contributed by atoms with Crippen molar-refractivity contribution < 1.29 is 18.7 Å². The summed E-state index contributed by atoms with van der Waals surface area (Å²) in [6.07, 6.45) is 0.220. The number of carbonyl (C=O) groups excluding carboxylic acids is 1. The van der Waals surface area contributed by atoms with Gasteiger partial charge in [-0.2, -0.15) is 0 Å². The van der Waals surface area contributed by atoms with Crippen LogP contribution in [0.4, 0.5) is 8.78 Å². The van der Waals surface area contributed by atoms with E-state index >= 15 is 0 Å². The first-order valence-corrected chi connectivity index (χ1v) is 5.10. The summed E-state index contributed by atoms with van der Waals surface area (Å²) in [5, 5.41) is 8.76. The van der Waals surface area contributed by atoms with Crippen molar-refractivity contribution in [1.29, 1.82) is 0 Å². The number of hydrogen-bond donors (Lipinski definition) is 1. The summed E-state index contributed by atoms with van der Waals surface area (Å²) in [6, 6.07) is 3.60. The minimum atomic E-state index is -0.649. The minimum absolute atomic E-state index is 0.00556. The van der Waals surface area contributed by atoms with Crippen LogP contribution in [0.3, 0.4) is 0 Å². The number of benzene rings is 1. The fourth-order valence-corrected chi connectivity index (χ4v) is 1.58. The van der Waals surface area contributed by atoms with Crippen LogP contribution in [-0.4, -0.2) is 17.5 Å². The largest absolute Gasteiger partial charge is 0.396 e. The van der Waals surface area contributed by atoms with Gasteiger partial charge in [0.2, 0.25) is 0 Å². The summed E-state index contributed by atoms with van der Waals surface area (Å²) in [6.45, 7) is 1.19. The van der Waals surface area contributed by atoms with Crippen LogP contribution in [0.2, 0.25) is 0 Å². The Morgan fingerprint density at radius 1 is 1.38 bits per heavy atom. The number of rotatable bonds is 5. The highest BCUT2D eigenvalue weighted by atomic mass is 19.1. The van der Waals surface area contributed by atoms with Crippen LogP contribution in [0, 0.1) is 17.6 Å². The van der Waals surface area contributed by atoms with Crippen molar-refractivity contribution >= 4 is 5.78 Å². The quantitative estimate of drug-likeness (QED) is 0.837. The Bertz CT molecular complexity index is 357. The Kier molecular flexibility index (Phi) is 4.55. The molecule has 1 aromatic carbocycles. The molecular weight excluding hydrogens is 214 g/mol. The molecular formula is C12H14F2O2. The molecule has 0 aliphatic heterocycles. The molecule has 0 saturated carbocycles. The smallest absolute Gasteiger partial charge is 0.133 e. The molecule has 1 unspecified atom stereocenters. The van der Waals surface area contributed by atoms with Gasteiger partial charge in [-0.3, -0.25) is 4.79 Å². The predicted molar refractivity (Wildman–Crippen MR) is 55.9 cm³/mol. The zero-order chi connectivity index (χ0) is 12.1. The number of ketones is 1. The highest BCUT2D eigenvalue weighted by molar-refractivity contribution is 5.78. The predicted octanol–water partition coefficient (Wildman–Crippen LogP) is 2.09. The lowest BCUT2D eigenvalue weighted by Crippen LogP contribution is -2.17. The molecule has 88 valence electrons. The van der Waals surface area contributed by atoms with E-state index in [1.165, 1.54) is 13.0 Å². The van der Waals surface area contributed by atoms with Gasteiger partial charge in [-0.1, -0.05) is 6.07 Å². The topological polar surface area (TPSA) is 37.3 Å². The van der Waals surface area contributed by atoms with Crippen molar-refractivity contribution in [2.24, 2.45) is 5.92 Å². The second-order valence-electron chi connectivity index (χ2n) is 3.72. The molecule has 16 heavy (non-hydrogen) atoms. The molecule has 1 aromatic rings. The molecule has 0 aliphatic carbocycles. The molecule has 0 fully saturated rings. The average molecular weight is 228 g/mol. The molecule has 0 spiro atoms. The Balaban J connectivity index is 2.89. The highest BCUT2D eigenvalue weighted by Crippen LogP contribution is 2.19. The van der Waals surface area contributed by atoms with Gasteiger partial charge in [-0.05, 0) is 31.9 Å². The highest BCUT2D eigenvalue weighted by Gasteiger charge is 2.18. The minimum Gasteiger partial charge on any atom is -0.396 e. The Labute approximate surface area is 92.9 Å². The zero-order valence-corrected chi connectivity index (χ0v) is 9.04. The molecule has 2 nitrogen and oxygen atoms in total. The van der Waals surface area contributed by atoms with Gasteiger partial charge in [0.25, 0.3) is 0 Å². The van der Waals surface area contributed by atoms with Crippen molar-refractivity contribution in [2.75, 3.05) is 6.61 Å². The van der Waals surface area contributed by atoms with Gasteiger partial charge in [-0.25, -0.2) is 8.78 Å². The maximum absolute atomic E-state index is 13.3. The normalized spacial score (nSPS) is 12.5. The van der Waals surface area contributed by atoms with E-state index in [-0.39, 0.29) is 30.8 Å². The van der Waals surface area contributed by atoms with E-state index in [0.717, 1.165) is 12.1 Å². The summed E-state index contributed by atoms with van der Waals surface area (Å²) in [7, 11) is 0. The molecule has 0 aromatic heterocycles. The van der Waals surface area contributed by atoms with Crippen LogP contribution >= 0.6 is 0 Å². The summed E-state index contributed by atoms with van der Waals surface area (Å²) in [5.74, 6) is -2.00. The van der Waals surface area contributed by atoms with Gasteiger partial charge in [0, 0.05) is 18.1 Å². The third-order valence-corrected chi connectivity index (χ3v) is 2.56. The van der Waals surface area contributed by atoms with Gasteiger partial charge >= 0.3 is 0 Å². The summed E-state index contributed by atoms with van der Waals surface area (Å²) in [4.78, 5) is 11.2. The van der Waals surface area contributed by atoms with Crippen molar-refractivity contribution in [3.8, 4) is 0 Å². The Hall–Kier alpha value is -1.29. The van der Waals surface area contributed by atoms with Gasteiger partial charge in [0.05, 0.1) is 0 Å². The third kappa shape index (κ3) is 3.10. The summed E-state index contributed by atoms with van der Waals surface area (Å²) < 4.78 is 26.6. The lowest BCUT2D eigenvalue weighted by molar-refractivity contribution is -0.121. The van der Waals surface area contributed by atoms with E-state index in [9.17, 15) is 13.6 Å². The van der Waals surface area contributed by atoms with Crippen molar-refractivity contribution in [1.82, 2.24) is 0 Å². The van der Waals surface area contributed by atoms with E-state index in [1.54, 1.807) is 0 Å². The maximum atomic E-state index is 13.3. The van der Waals surface area contributed by atoms with Crippen molar-refractivity contribution in [3.63, 3.8) is 0 Å². The number of hydrogen-bond acceptors (Lipinski definition) is 2. The number of halogens is 2. The van der Waals surface area contributed by atoms with Crippen molar-refractivity contribution in [2.45, 2.75) is 19.8 Å². The standard InChI is InChI=1S/C12H14F2O2/c1-8(16)9(5-6-15)7-10-11(13)3-2-4-12(10)14/h2-4,9,15H,5-7H2,1H3. The fourth-order valence-electron chi connectivity index (χ4n) is 1.58. The van der Waals surface area contributed by atoms with Crippen LogP contribution < -0.4 is 0 Å². The number of carbonyl (C=O) groups is 1. The number of aliphatic hydroxyl groups is 1. The van der Waals surface area contributed by atoms with Gasteiger partial charge < -0.3 is 5.11 Å². The zero-order valence-electron chi connectivity index (χ0n) is 9.04. The molecule has 1 N–H and O–H groups in total. The van der Waals surface area contributed by atoms with Crippen LogP contribution in [0.1, 0.15) is 18.9 Å². The fraction of sp³-hybridized carbons (Fsp3) is 0.417. The average Bonchev–Trinajstić information content (AvgIpc) is 2.21. The molecule has 0 radical (unpaired) electrons. The monoisotopic (exact) mass is 228 g/mol. The first-order chi connectivity index (χ1) is 7.56. The second-order valence-corrected chi connectivity index (χ2v) is 3.72. The van der Waals surface area contributed by atoms with Crippen LogP contribution in [-0.2, 0) is 11.2 Å². The molecule has 0 aliphatic rings. The van der Waals surface area contributed by atoms with E-state index in [2.05, 4.69) is 0 Å². The summed E-state index contributed by atoms with van der Waals surface area (Å²) >= 11 is 0. The Morgan fingerprint density at radius 2 is 1.94 bits per heavy atom. The second kappa shape index (κ2) is 5.70. The van der Waals surface area contributed by atoms with Crippen LogP contribution in [0.25, 0.3) is 0 Å². The van der Waals surface area contributed by atoms with E-state index < -0.39 is 17.6 Å². The van der Waals surface area contributed by atoms with E-state index in [1.807, 2.05) is 0 Å². The lowest BCUT2D eigenvalue weighted by Gasteiger charge is -2.13. The van der Waals surface area contributed by atoms with Crippen molar-refractivity contribution in [3.05, 3.63) is 35.4 Å². The SMILES string of the molecule is CC(=O)C(CCO)Cc1c(F)cccc1F. The lowest BCUT2D eigenvalue weighted by atomic mass is 9.92. The first kappa shape index (κ1) is 12.8. The van der Waals surface area contributed by atoms with Gasteiger partial charge in [-0.15, -0.1) is 0 Å². The van der Waals surface area contributed by atoms with Gasteiger partial charge in [0.15, 0.2) is 0 Å². The van der Waals surface area contributed by atoms with Crippen LogP contribution in [0.15, 0.2) is 18.2 Å². The number of aliphatic hydroxyl groups excluding tert-OH is 1. The molecule has 0 bridgehead atoms. The maximum Gasteiger partial charge on any atom is 0.133 e. The molecule has 0 amide bonds. The molecule has 4 heteroatoms. The third-order valence-electron chi connectivity index (χ3n) is 2.56. The first-order valence-electron chi connectivity index (χ1n) is 5.10. The van der Waals surface area contributed by atoms with E-state index in [4.69, 9.17) is 5.11 Å². The van der Waals surface area contributed by atoms with Gasteiger partial charge in [0.1, 0.15) is 17.4 Å². The Morgan fingerprint density at radius 3 is 2.38 bits per heavy atom. The van der Waals surface area contributed by atoms with E-state index in [0.29, 0.717) is 0 Å². The van der Waals surface area contributed by atoms with Crippen LogP contribution in [0.5, 0.6) is 0 Å².